The van der Waals surface area contributed by atoms with Crippen LogP contribution in [0.1, 0.15) is 37.0 Å². The molecule has 166 valence electrons. The topological polar surface area (TPSA) is 66.8 Å². The number of benzene rings is 1. The molecule has 2 aliphatic rings. The molecule has 1 aromatic rings. The number of hydrogen-bond acceptors (Lipinski definition) is 3. The number of carboxylic acid groups (broad SMARTS) is 1. The van der Waals surface area contributed by atoms with E-state index in [9.17, 15) is 41.0 Å². The zero-order valence-corrected chi connectivity index (χ0v) is 16.0. The summed E-state index contributed by atoms with van der Waals surface area (Å²) in [6, 6.07) is 0.541. The van der Waals surface area contributed by atoms with Crippen LogP contribution >= 0.6 is 0 Å². The summed E-state index contributed by atoms with van der Waals surface area (Å²) < 4.78 is 83.5. The van der Waals surface area contributed by atoms with Gasteiger partial charge in [0.2, 0.25) is 5.91 Å². The van der Waals surface area contributed by atoms with Crippen LogP contribution in [0.4, 0.5) is 26.3 Å². The van der Waals surface area contributed by atoms with Gasteiger partial charge in [-0.1, -0.05) is 6.92 Å². The summed E-state index contributed by atoms with van der Waals surface area (Å²) in [5, 5.41) is 9.53. The Morgan fingerprint density at radius 2 is 1.70 bits per heavy atom. The smallest absolute Gasteiger partial charge is 0.416 e. The lowest BCUT2D eigenvalue weighted by atomic mass is 9.77. The SMILES string of the molecule is CC1C(OCc2cc(C(F)(F)F)cc(C(F)(F)F)c2)CN2C(=O)CC(C)(C(=O)O)C12. The molecule has 0 spiro atoms. The highest BCUT2D eigenvalue weighted by atomic mass is 19.4. The Labute approximate surface area is 167 Å². The number of halogens is 6. The number of alkyl halides is 6. The first-order chi connectivity index (χ1) is 13.6. The van der Waals surface area contributed by atoms with Crippen LogP contribution in [-0.4, -0.2) is 40.6 Å². The van der Waals surface area contributed by atoms with Crippen molar-refractivity contribution in [3.05, 3.63) is 34.9 Å². The quantitative estimate of drug-likeness (QED) is 0.722. The Kier molecular flexibility index (Phi) is 5.33. The van der Waals surface area contributed by atoms with Crippen molar-refractivity contribution >= 4 is 11.9 Å². The lowest BCUT2D eigenvalue weighted by molar-refractivity contribution is -0.150. The van der Waals surface area contributed by atoms with Crippen molar-refractivity contribution in [2.45, 2.75) is 51.4 Å². The van der Waals surface area contributed by atoms with E-state index < -0.39 is 59.5 Å². The lowest BCUT2D eigenvalue weighted by Crippen LogP contribution is -2.43. The van der Waals surface area contributed by atoms with E-state index in [0.717, 1.165) is 0 Å². The molecule has 11 heteroatoms. The van der Waals surface area contributed by atoms with Crippen molar-refractivity contribution in [3.63, 3.8) is 0 Å². The third kappa shape index (κ3) is 3.86. The van der Waals surface area contributed by atoms with Crippen molar-refractivity contribution in [2.24, 2.45) is 11.3 Å². The Bertz CT molecular complexity index is 835. The molecule has 2 heterocycles. The van der Waals surface area contributed by atoms with E-state index in [0.29, 0.717) is 12.1 Å². The highest BCUT2D eigenvalue weighted by molar-refractivity contribution is 5.90. The molecule has 5 nitrogen and oxygen atoms in total. The second-order valence-corrected chi connectivity index (χ2v) is 8.01. The zero-order chi connectivity index (χ0) is 22.6. The molecule has 0 aliphatic carbocycles. The second-order valence-electron chi connectivity index (χ2n) is 8.01. The van der Waals surface area contributed by atoms with Crippen molar-refractivity contribution in [2.75, 3.05) is 6.54 Å². The molecular weight excluding hydrogens is 420 g/mol. The van der Waals surface area contributed by atoms with E-state index in [2.05, 4.69) is 0 Å². The Balaban J connectivity index is 1.81. The van der Waals surface area contributed by atoms with Gasteiger partial charge < -0.3 is 14.7 Å². The number of carboxylic acids is 1. The fourth-order valence-electron chi connectivity index (χ4n) is 4.37. The third-order valence-electron chi connectivity index (χ3n) is 5.89. The minimum absolute atomic E-state index is 0.0264. The summed E-state index contributed by atoms with van der Waals surface area (Å²) in [6.45, 7) is 2.58. The number of aliphatic carboxylic acids is 1. The standard InChI is InChI=1S/C19H19F6NO4/c1-9-13(7-26-14(27)6-17(2,15(9)26)16(28)29)30-8-10-3-11(18(20,21)22)5-12(4-10)19(23,24)25/h3-5,9,13,15H,6-8H2,1-2H3,(H,28,29). The van der Waals surface area contributed by atoms with Crippen molar-refractivity contribution < 1.29 is 45.8 Å². The van der Waals surface area contributed by atoms with Gasteiger partial charge in [-0.05, 0) is 30.7 Å². The predicted molar refractivity (Wildman–Crippen MR) is 90.0 cm³/mol. The molecule has 0 saturated carbocycles. The predicted octanol–water partition coefficient (Wildman–Crippen LogP) is 3.95. The highest BCUT2D eigenvalue weighted by Gasteiger charge is 2.60. The Morgan fingerprint density at radius 1 is 1.17 bits per heavy atom. The normalized spacial score (nSPS) is 29.4. The molecule has 2 saturated heterocycles. The number of fused-ring (bicyclic) bond motifs is 1. The number of amides is 1. The van der Waals surface area contributed by atoms with Crippen LogP contribution in [0.25, 0.3) is 0 Å². The number of ether oxygens (including phenoxy) is 1. The molecule has 3 rings (SSSR count). The monoisotopic (exact) mass is 439 g/mol. The van der Waals surface area contributed by atoms with E-state index in [-0.39, 0.29) is 30.5 Å². The molecule has 2 fully saturated rings. The molecule has 0 bridgehead atoms. The highest BCUT2D eigenvalue weighted by Crippen LogP contribution is 2.47. The van der Waals surface area contributed by atoms with Crippen LogP contribution in [0.15, 0.2) is 18.2 Å². The summed E-state index contributed by atoms with van der Waals surface area (Å²) in [5.41, 5.74) is -4.54. The van der Waals surface area contributed by atoms with Crippen LogP contribution in [-0.2, 0) is 33.3 Å². The first-order valence-electron chi connectivity index (χ1n) is 9.07. The maximum absolute atomic E-state index is 13.0. The largest absolute Gasteiger partial charge is 0.481 e. The maximum Gasteiger partial charge on any atom is 0.416 e. The van der Waals surface area contributed by atoms with E-state index >= 15 is 0 Å². The number of carbonyl (C=O) groups is 2. The molecule has 30 heavy (non-hydrogen) atoms. The van der Waals surface area contributed by atoms with Gasteiger partial charge in [0.1, 0.15) is 0 Å². The molecule has 4 atom stereocenters. The van der Waals surface area contributed by atoms with Gasteiger partial charge in [-0.3, -0.25) is 9.59 Å². The number of nitrogens with zero attached hydrogens (tertiary/aromatic N) is 1. The minimum atomic E-state index is -4.96. The summed E-state index contributed by atoms with van der Waals surface area (Å²) in [5.74, 6) is -1.99. The molecule has 1 aromatic carbocycles. The first kappa shape index (κ1) is 22.4. The fraction of sp³-hybridized carbons (Fsp3) is 0.579. The molecule has 2 aliphatic heterocycles. The molecule has 0 radical (unpaired) electrons. The zero-order valence-electron chi connectivity index (χ0n) is 16.0. The first-order valence-corrected chi connectivity index (χ1v) is 9.07. The van der Waals surface area contributed by atoms with E-state index in [1.165, 1.54) is 11.8 Å². The molecule has 0 aromatic heterocycles. The van der Waals surface area contributed by atoms with E-state index in [1.54, 1.807) is 6.92 Å². The van der Waals surface area contributed by atoms with Crippen LogP contribution in [0.3, 0.4) is 0 Å². The Morgan fingerprint density at radius 3 is 2.17 bits per heavy atom. The van der Waals surface area contributed by atoms with Crippen molar-refractivity contribution in [1.29, 1.82) is 0 Å². The molecule has 1 amide bonds. The van der Waals surface area contributed by atoms with Gasteiger partial charge in [0.25, 0.3) is 0 Å². The van der Waals surface area contributed by atoms with Crippen molar-refractivity contribution in [3.8, 4) is 0 Å². The van der Waals surface area contributed by atoms with Crippen molar-refractivity contribution in [1.82, 2.24) is 4.90 Å². The summed E-state index contributed by atoms with van der Waals surface area (Å²) in [7, 11) is 0. The molecule has 4 unspecified atom stereocenters. The molecular formula is C19H19F6NO4. The van der Waals surface area contributed by atoms with Gasteiger partial charge >= 0.3 is 18.3 Å². The summed E-state index contributed by atoms with van der Waals surface area (Å²) >= 11 is 0. The van der Waals surface area contributed by atoms with Gasteiger partial charge in [-0.2, -0.15) is 26.3 Å². The van der Waals surface area contributed by atoms with E-state index in [1.807, 2.05) is 0 Å². The summed E-state index contributed by atoms with van der Waals surface area (Å²) in [6.07, 6.45) is -10.8. The van der Waals surface area contributed by atoms with Crippen LogP contribution < -0.4 is 0 Å². The van der Waals surface area contributed by atoms with Crippen LogP contribution in [0.5, 0.6) is 0 Å². The minimum Gasteiger partial charge on any atom is -0.481 e. The van der Waals surface area contributed by atoms with Gasteiger partial charge in [0.05, 0.1) is 35.3 Å². The maximum atomic E-state index is 13.0. The second kappa shape index (κ2) is 7.14. The average molecular weight is 439 g/mol. The number of carbonyl (C=O) groups excluding carboxylic acids is 1. The number of hydrogen-bond donors (Lipinski definition) is 1. The number of rotatable bonds is 4. The van der Waals surface area contributed by atoms with Gasteiger partial charge in [-0.15, -0.1) is 0 Å². The summed E-state index contributed by atoms with van der Waals surface area (Å²) in [4.78, 5) is 25.3. The lowest BCUT2D eigenvalue weighted by Gasteiger charge is -2.30. The van der Waals surface area contributed by atoms with Gasteiger partial charge in [0.15, 0.2) is 0 Å². The fourth-order valence-corrected chi connectivity index (χ4v) is 4.37. The van der Waals surface area contributed by atoms with Gasteiger partial charge in [0, 0.05) is 18.9 Å². The van der Waals surface area contributed by atoms with Gasteiger partial charge in [-0.25, -0.2) is 0 Å². The van der Waals surface area contributed by atoms with E-state index in [4.69, 9.17) is 4.74 Å². The van der Waals surface area contributed by atoms with Crippen LogP contribution in [0.2, 0.25) is 0 Å². The third-order valence-corrected chi connectivity index (χ3v) is 5.89. The Hall–Kier alpha value is -2.30. The van der Waals surface area contributed by atoms with Crippen LogP contribution in [0, 0.1) is 11.3 Å². The molecule has 1 N–H and O–H groups in total. The average Bonchev–Trinajstić information content (AvgIpc) is 3.07.